The van der Waals surface area contributed by atoms with Gasteiger partial charge in [0.25, 0.3) is 0 Å². The molecule has 1 unspecified atom stereocenters. The van der Waals surface area contributed by atoms with Crippen LogP contribution >= 0.6 is 0 Å². The first kappa shape index (κ1) is 24.1. The molecule has 0 bridgehead atoms. The van der Waals surface area contributed by atoms with E-state index in [1.54, 1.807) is 0 Å². The highest BCUT2D eigenvalue weighted by Gasteiger charge is 2.29. The van der Waals surface area contributed by atoms with Gasteiger partial charge in [0.05, 0.1) is 12.8 Å². The lowest BCUT2D eigenvalue weighted by Gasteiger charge is -2.30. The Bertz CT molecular complexity index is 1430. The lowest BCUT2D eigenvalue weighted by atomic mass is 10.0. The SMILES string of the molecule is COC(=O)/C=C/c1ccc2c(c1)CCC2N(CCc1c[nH]c2ccccc12)Cc1c(C)nn(C)c1C. The van der Waals surface area contributed by atoms with Crippen LogP contribution in [0.5, 0.6) is 0 Å². The normalized spacial score (nSPS) is 15.3. The Morgan fingerprint density at radius 1 is 1.25 bits per heavy atom. The molecule has 36 heavy (non-hydrogen) atoms. The predicted molar refractivity (Wildman–Crippen MR) is 144 cm³/mol. The topological polar surface area (TPSA) is 63.1 Å². The molecule has 4 aromatic rings. The Balaban J connectivity index is 1.43. The first-order valence-electron chi connectivity index (χ1n) is 12.6. The number of aromatic amines is 1. The summed E-state index contributed by atoms with van der Waals surface area (Å²) >= 11 is 0. The van der Waals surface area contributed by atoms with E-state index in [0.29, 0.717) is 6.04 Å². The quantitative estimate of drug-likeness (QED) is 0.268. The van der Waals surface area contributed by atoms with Crippen LogP contribution in [0.2, 0.25) is 0 Å². The summed E-state index contributed by atoms with van der Waals surface area (Å²) in [7, 11) is 3.42. The van der Waals surface area contributed by atoms with Crippen molar-refractivity contribution in [2.75, 3.05) is 13.7 Å². The number of nitrogens with one attached hydrogen (secondary N) is 1. The Hall–Kier alpha value is -3.64. The smallest absolute Gasteiger partial charge is 0.330 e. The molecular weight excluding hydrogens is 448 g/mol. The molecule has 5 rings (SSSR count). The van der Waals surface area contributed by atoms with Crippen molar-refractivity contribution >= 4 is 22.9 Å². The van der Waals surface area contributed by atoms with Crippen molar-refractivity contribution in [2.24, 2.45) is 7.05 Å². The van der Waals surface area contributed by atoms with E-state index >= 15 is 0 Å². The number of methoxy groups -OCH3 is 1. The number of ether oxygens (including phenoxy) is 1. The number of para-hydroxylation sites is 1. The number of fused-ring (bicyclic) bond motifs is 2. The van der Waals surface area contributed by atoms with Crippen molar-refractivity contribution in [1.82, 2.24) is 19.7 Å². The van der Waals surface area contributed by atoms with E-state index in [0.717, 1.165) is 43.6 Å². The first-order chi connectivity index (χ1) is 17.4. The summed E-state index contributed by atoms with van der Waals surface area (Å²) < 4.78 is 6.72. The van der Waals surface area contributed by atoms with Gasteiger partial charge in [-0.3, -0.25) is 9.58 Å². The maximum atomic E-state index is 11.5. The first-order valence-corrected chi connectivity index (χ1v) is 12.6. The summed E-state index contributed by atoms with van der Waals surface area (Å²) in [5, 5.41) is 5.98. The van der Waals surface area contributed by atoms with Gasteiger partial charge >= 0.3 is 5.97 Å². The third-order valence-corrected chi connectivity index (χ3v) is 7.63. The van der Waals surface area contributed by atoms with Crippen LogP contribution < -0.4 is 0 Å². The van der Waals surface area contributed by atoms with Crippen LogP contribution in [0.1, 0.15) is 51.7 Å². The number of rotatable bonds is 8. The molecule has 0 radical (unpaired) electrons. The van der Waals surface area contributed by atoms with Gasteiger partial charge in [-0.1, -0.05) is 36.4 Å². The highest BCUT2D eigenvalue weighted by atomic mass is 16.5. The zero-order chi connectivity index (χ0) is 25.2. The van der Waals surface area contributed by atoms with Gasteiger partial charge in [-0.2, -0.15) is 5.10 Å². The summed E-state index contributed by atoms with van der Waals surface area (Å²) in [6, 6.07) is 15.4. The molecule has 2 heterocycles. The summed E-state index contributed by atoms with van der Waals surface area (Å²) in [5.74, 6) is -0.334. The fourth-order valence-corrected chi connectivity index (χ4v) is 5.53. The predicted octanol–water partition coefficient (Wildman–Crippen LogP) is 5.44. The van der Waals surface area contributed by atoms with Crippen LogP contribution in [-0.2, 0) is 36.0 Å². The zero-order valence-corrected chi connectivity index (χ0v) is 21.5. The van der Waals surface area contributed by atoms with Gasteiger partial charge in [0, 0.05) is 60.6 Å². The van der Waals surface area contributed by atoms with Crippen molar-refractivity contribution in [3.63, 3.8) is 0 Å². The molecule has 186 valence electrons. The second kappa shape index (κ2) is 10.2. The third-order valence-electron chi connectivity index (χ3n) is 7.63. The molecule has 0 fully saturated rings. The standard InChI is InChI=1S/C30H34N4O2/c1-20-27(21(2)33(3)32-20)19-34(16-15-24-18-31-28-8-6-5-7-25(24)28)29-13-11-23-17-22(9-12-26(23)29)10-14-30(35)36-4/h5-10,12,14,17-18,29,31H,11,13,15-16,19H2,1-4H3/b14-10+. The highest BCUT2D eigenvalue weighted by molar-refractivity contribution is 5.87. The number of benzene rings is 2. The molecule has 6 nitrogen and oxygen atoms in total. The highest BCUT2D eigenvalue weighted by Crippen LogP contribution is 2.38. The van der Waals surface area contributed by atoms with E-state index in [2.05, 4.69) is 77.5 Å². The van der Waals surface area contributed by atoms with Gasteiger partial charge in [0.1, 0.15) is 0 Å². The van der Waals surface area contributed by atoms with E-state index in [-0.39, 0.29) is 5.97 Å². The summed E-state index contributed by atoms with van der Waals surface area (Å²) in [4.78, 5) is 17.6. The number of aryl methyl sites for hydroxylation is 3. The van der Waals surface area contributed by atoms with Crippen molar-refractivity contribution in [3.05, 3.63) is 93.9 Å². The van der Waals surface area contributed by atoms with Crippen LogP contribution in [0.3, 0.4) is 0 Å². The molecule has 0 amide bonds. The van der Waals surface area contributed by atoms with E-state index in [9.17, 15) is 4.79 Å². The molecule has 0 aliphatic heterocycles. The van der Waals surface area contributed by atoms with Gasteiger partial charge in [0.15, 0.2) is 0 Å². The molecule has 0 saturated heterocycles. The van der Waals surface area contributed by atoms with Crippen molar-refractivity contribution in [2.45, 2.75) is 45.7 Å². The van der Waals surface area contributed by atoms with Gasteiger partial charge < -0.3 is 9.72 Å². The lowest BCUT2D eigenvalue weighted by Crippen LogP contribution is -2.30. The molecule has 1 aliphatic carbocycles. The van der Waals surface area contributed by atoms with Crippen molar-refractivity contribution in [1.29, 1.82) is 0 Å². The fraction of sp³-hybridized carbons (Fsp3) is 0.333. The lowest BCUT2D eigenvalue weighted by molar-refractivity contribution is -0.134. The second-order valence-electron chi connectivity index (χ2n) is 9.72. The van der Waals surface area contributed by atoms with Crippen LogP contribution in [0.25, 0.3) is 17.0 Å². The molecule has 0 saturated carbocycles. The van der Waals surface area contributed by atoms with Gasteiger partial charge in [-0.25, -0.2) is 4.79 Å². The van der Waals surface area contributed by atoms with E-state index in [1.165, 1.54) is 52.0 Å². The Labute approximate surface area is 212 Å². The number of hydrogen-bond acceptors (Lipinski definition) is 4. The molecule has 1 N–H and O–H groups in total. The minimum Gasteiger partial charge on any atom is -0.466 e. The molecule has 1 aliphatic rings. The third kappa shape index (κ3) is 4.73. The molecule has 2 aromatic heterocycles. The number of nitrogens with zero attached hydrogens (tertiary/aromatic N) is 3. The fourth-order valence-electron chi connectivity index (χ4n) is 5.53. The van der Waals surface area contributed by atoms with Crippen LogP contribution in [-0.4, -0.2) is 39.3 Å². The Morgan fingerprint density at radius 3 is 2.86 bits per heavy atom. The summed E-state index contributed by atoms with van der Waals surface area (Å²) in [6.07, 6.45) is 8.58. The average Bonchev–Trinajstić information content (AvgIpc) is 3.56. The van der Waals surface area contributed by atoms with Crippen LogP contribution in [0.4, 0.5) is 0 Å². The van der Waals surface area contributed by atoms with E-state index in [4.69, 9.17) is 4.74 Å². The number of esters is 1. The molecule has 0 spiro atoms. The zero-order valence-electron chi connectivity index (χ0n) is 21.5. The van der Waals surface area contributed by atoms with Crippen LogP contribution in [0.15, 0.2) is 54.7 Å². The molecular formula is C30H34N4O2. The summed E-state index contributed by atoms with van der Waals surface area (Å²) in [5.41, 5.74) is 9.99. The average molecular weight is 483 g/mol. The second-order valence-corrected chi connectivity index (χ2v) is 9.72. The van der Waals surface area contributed by atoms with Gasteiger partial charge in [-0.05, 0) is 67.5 Å². The minimum absolute atomic E-state index is 0.334. The Kier molecular flexibility index (Phi) is 6.79. The summed E-state index contributed by atoms with van der Waals surface area (Å²) in [6.45, 7) is 6.12. The molecule has 6 heteroatoms. The van der Waals surface area contributed by atoms with Crippen LogP contribution in [0, 0.1) is 13.8 Å². The Morgan fingerprint density at radius 2 is 2.08 bits per heavy atom. The van der Waals surface area contributed by atoms with Gasteiger partial charge in [-0.15, -0.1) is 0 Å². The molecule has 1 atom stereocenters. The number of carbonyl (C=O) groups is 1. The van der Waals surface area contributed by atoms with E-state index < -0.39 is 0 Å². The van der Waals surface area contributed by atoms with Crippen molar-refractivity contribution < 1.29 is 9.53 Å². The maximum Gasteiger partial charge on any atom is 0.330 e. The van der Waals surface area contributed by atoms with Crippen molar-refractivity contribution in [3.8, 4) is 0 Å². The number of carbonyl (C=O) groups excluding carboxylic acids is 1. The monoisotopic (exact) mass is 482 g/mol. The molecule has 2 aromatic carbocycles. The number of H-pyrrole nitrogens is 1. The maximum absolute atomic E-state index is 11.5. The minimum atomic E-state index is -0.334. The van der Waals surface area contributed by atoms with Gasteiger partial charge in [0.2, 0.25) is 0 Å². The largest absolute Gasteiger partial charge is 0.466 e. The van der Waals surface area contributed by atoms with E-state index in [1.807, 2.05) is 17.8 Å². The number of aromatic nitrogens is 3. The number of hydrogen-bond donors (Lipinski definition) is 1.